The van der Waals surface area contributed by atoms with Crippen molar-refractivity contribution >= 4 is 44.7 Å². The molecule has 32 heavy (non-hydrogen) atoms. The van der Waals surface area contributed by atoms with Crippen LogP contribution in [0.15, 0.2) is 72.8 Å². The van der Waals surface area contributed by atoms with E-state index in [0.29, 0.717) is 41.3 Å². The summed E-state index contributed by atoms with van der Waals surface area (Å²) < 4.78 is 25.1. The number of carbonyl (C=O) groups is 2. The molecule has 0 spiro atoms. The van der Waals surface area contributed by atoms with Crippen LogP contribution in [0.2, 0.25) is 0 Å². The van der Waals surface area contributed by atoms with E-state index >= 15 is 0 Å². The summed E-state index contributed by atoms with van der Waals surface area (Å²) in [5.74, 6) is -0.298. The Morgan fingerprint density at radius 1 is 0.812 bits per heavy atom. The minimum Gasteiger partial charge on any atom is -0.322 e. The van der Waals surface area contributed by atoms with Gasteiger partial charge in [0.05, 0.1) is 11.9 Å². The maximum absolute atomic E-state index is 12.6. The largest absolute Gasteiger partial charge is 0.323 e. The minimum absolute atomic E-state index is 0.298. The van der Waals surface area contributed by atoms with E-state index in [9.17, 15) is 18.0 Å². The molecule has 0 bridgehead atoms. The third kappa shape index (κ3) is 4.89. The maximum atomic E-state index is 12.6. The highest BCUT2D eigenvalue weighted by Gasteiger charge is 2.26. The smallest absolute Gasteiger partial charge is 0.322 e. The van der Waals surface area contributed by atoms with Gasteiger partial charge in [0.2, 0.25) is 10.0 Å². The number of amides is 3. The third-order valence-electron chi connectivity index (χ3n) is 5.03. The molecule has 3 amide bonds. The van der Waals surface area contributed by atoms with E-state index in [1.165, 1.54) is 10.6 Å². The molecular formula is C23H22N4O4S. The van der Waals surface area contributed by atoms with Crippen molar-refractivity contribution in [1.82, 2.24) is 0 Å². The summed E-state index contributed by atoms with van der Waals surface area (Å²) >= 11 is 0. The van der Waals surface area contributed by atoms with Gasteiger partial charge in [-0.3, -0.25) is 9.10 Å². The number of sulfonamides is 1. The van der Waals surface area contributed by atoms with E-state index in [0.717, 1.165) is 5.56 Å². The van der Waals surface area contributed by atoms with Gasteiger partial charge in [0, 0.05) is 29.2 Å². The summed E-state index contributed by atoms with van der Waals surface area (Å²) in [5, 5.41) is 8.27. The highest BCUT2D eigenvalue weighted by Crippen LogP contribution is 2.31. The SMILES string of the molecule is CS(=O)(=O)N1CCc2cc(C(=O)Nc3ccc(NC(=O)Nc4ccccc4)cc3)ccc21. The normalized spacial score (nSPS) is 12.7. The second-order valence-corrected chi connectivity index (χ2v) is 9.31. The van der Waals surface area contributed by atoms with Crippen molar-refractivity contribution in [3.05, 3.63) is 83.9 Å². The number of nitrogens with zero attached hydrogens (tertiary/aromatic N) is 1. The van der Waals surface area contributed by atoms with Crippen LogP contribution in [0.3, 0.4) is 0 Å². The molecule has 4 rings (SSSR count). The van der Waals surface area contributed by atoms with Crippen molar-refractivity contribution in [2.45, 2.75) is 6.42 Å². The maximum Gasteiger partial charge on any atom is 0.323 e. The molecule has 3 N–H and O–H groups in total. The second-order valence-electron chi connectivity index (χ2n) is 7.41. The van der Waals surface area contributed by atoms with Crippen LogP contribution in [0.1, 0.15) is 15.9 Å². The monoisotopic (exact) mass is 450 g/mol. The highest BCUT2D eigenvalue weighted by molar-refractivity contribution is 7.92. The number of fused-ring (bicyclic) bond motifs is 1. The summed E-state index contributed by atoms with van der Waals surface area (Å²) in [4.78, 5) is 24.7. The Morgan fingerprint density at radius 2 is 1.41 bits per heavy atom. The lowest BCUT2D eigenvalue weighted by Gasteiger charge is -2.16. The molecule has 8 nitrogen and oxygen atoms in total. The van der Waals surface area contributed by atoms with Gasteiger partial charge in [-0.25, -0.2) is 13.2 Å². The predicted molar refractivity (Wildman–Crippen MR) is 126 cm³/mol. The average molecular weight is 451 g/mol. The molecule has 3 aromatic rings. The zero-order valence-electron chi connectivity index (χ0n) is 17.3. The second kappa shape index (κ2) is 8.72. The van der Waals surface area contributed by atoms with Gasteiger partial charge in [-0.2, -0.15) is 0 Å². The quantitative estimate of drug-likeness (QED) is 0.548. The molecule has 1 heterocycles. The summed E-state index contributed by atoms with van der Waals surface area (Å²) in [5.41, 5.74) is 3.73. The molecule has 0 radical (unpaired) electrons. The van der Waals surface area contributed by atoms with Gasteiger partial charge in [-0.15, -0.1) is 0 Å². The van der Waals surface area contributed by atoms with Gasteiger partial charge < -0.3 is 16.0 Å². The number of anilines is 4. The van der Waals surface area contributed by atoms with Crippen LogP contribution in [-0.2, 0) is 16.4 Å². The van der Waals surface area contributed by atoms with Gasteiger partial charge in [0.1, 0.15) is 0 Å². The number of benzene rings is 3. The molecule has 0 fully saturated rings. The number of urea groups is 1. The number of para-hydroxylation sites is 1. The first-order valence-corrected chi connectivity index (χ1v) is 11.8. The molecule has 1 aliphatic rings. The first kappa shape index (κ1) is 21.4. The van der Waals surface area contributed by atoms with Crippen LogP contribution >= 0.6 is 0 Å². The molecular weight excluding hydrogens is 428 g/mol. The first-order chi connectivity index (χ1) is 15.3. The topological polar surface area (TPSA) is 108 Å². The fraction of sp³-hybridized carbons (Fsp3) is 0.130. The standard InChI is InChI=1S/C23H22N4O4S/c1-32(30,31)27-14-13-16-15-17(7-12-21(16)27)22(28)24-19-8-10-20(11-9-19)26-23(29)25-18-5-3-2-4-6-18/h2-12,15H,13-14H2,1H3,(H,24,28)(H2,25,26,29). The zero-order chi connectivity index (χ0) is 22.7. The van der Waals surface area contributed by atoms with E-state index in [4.69, 9.17) is 0 Å². The van der Waals surface area contributed by atoms with Crippen molar-refractivity contribution in [2.24, 2.45) is 0 Å². The third-order valence-corrected chi connectivity index (χ3v) is 6.21. The lowest BCUT2D eigenvalue weighted by molar-refractivity contribution is 0.102. The molecule has 0 saturated carbocycles. The van der Waals surface area contributed by atoms with Crippen LogP contribution in [0.4, 0.5) is 27.5 Å². The van der Waals surface area contributed by atoms with Crippen molar-refractivity contribution in [2.75, 3.05) is 33.1 Å². The number of carbonyl (C=O) groups excluding carboxylic acids is 2. The van der Waals surface area contributed by atoms with Gasteiger partial charge in [-0.1, -0.05) is 18.2 Å². The van der Waals surface area contributed by atoms with Gasteiger partial charge in [0.15, 0.2) is 0 Å². The Kier molecular flexibility index (Phi) is 5.83. The van der Waals surface area contributed by atoms with Crippen molar-refractivity contribution < 1.29 is 18.0 Å². The molecule has 1 aliphatic heterocycles. The number of rotatable bonds is 5. The molecule has 0 aliphatic carbocycles. The van der Waals surface area contributed by atoms with Crippen LogP contribution in [0, 0.1) is 0 Å². The number of hydrogen-bond acceptors (Lipinski definition) is 4. The first-order valence-electron chi connectivity index (χ1n) is 9.95. The summed E-state index contributed by atoms with van der Waals surface area (Å²) in [6.45, 7) is 0.381. The van der Waals surface area contributed by atoms with Crippen molar-refractivity contribution in [3.63, 3.8) is 0 Å². The van der Waals surface area contributed by atoms with E-state index in [2.05, 4.69) is 16.0 Å². The number of nitrogens with one attached hydrogen (secondary N) is 3. The lowest BCUT2D eigenvalue weighted by Crippen LogP contribution is -2.27. The number of hydrogen-bond donors (Lipinski definition) is 3. The van der Waals surface area contributed by atoms with Crippen LogP contribution in [0.25, 0.3) is 0 Å². The Labute approximate surface area is 186 Å². The van der Waals surface area contributed by atoms with Crippen LogP contribution in [-0.4, -0.2) is 33.2 Å². The van der Waals surface area contributed by atoms with Gasteiger partial charge in [-0.05, 0) is 66.6 Å². The fourth-order valence-corrected chi connectivity index (χ4v) is 4.47. The van der Waals surface area contributed by atoms with Crippen molar-refractivity contribution in [1.29, 1.82) is 0 Å². The van der Waals surface area contributed by atoms with E-state index < -0.39 is 10.0 Å². The van der Waals surface area contributed by atoms with Crippen LogP contribution in [0.5, 0.6) is 0 Å². The van der Waals surface area contributed by atoms with Crippen molar-refractivity contribution in [3.8, 4) is 0 Å². The highest BCUT2D eigenvalue weighted by atomic mass is 32.2. The summed E-state index contributed by atoms with van der Waals surface area (Å²) in [6.07, 6.45) is 1.74. The molecule has 0 saturated heterocycles. The molecule has 9 heteroatoms. The zero-order valence-corrected chi connectivity index (χ0v) is 18.1. The fourth-order valence-electron chi connectivity index (χ4n) is 3.51. The molecule has 0 atom stereocenters. The lowest BCUT2D eigenvalue weighted by atomic mass is 10.1. The molecule has 3 aromatic carbocycles. The average Bonchev–Trinajstić information content (AvgIpc) is 3.19. The van der Waals surface area contributed by atoms with Gasteiger partial charge >= 0.3 is 6.03 Å². The summed E-state index contributed by atoms with van der Waals surface area (Å²) in [6, 6.07) is 20.5. The Bertz CT molecular complexity index is 1260. The molecule has 0 aromatic heterocycles. The van der Waals surface area contributed by atoms with Crippen LogP contribution < -0.4 is 20.3 Å². The van der Waals surface area contributed by atoms with E-state index in [1.54, 1.807) is 54.6 Å². The van der Waals surface area contributed by atoms with E-state index in [-0.39, 0.29) is 11.9 Å². The Morgan fingerprint density at radius 3 is 2.03 bits per heavy atom. The molecule has 164 valence electrons. The Balaban J connectivity index is 1.37. The summed E-state index contributed by atoms with van der Waals surface area (Å²) in [7, 11) is -3.33. The predicted octanol–water partition coefficient (Wildman–Crippen LogP) is 3.91. The van der Waals surface area contributed by atoms with E-state index in [1.807, 2.05) is 18.2 Å². The van der Waals surface area contributed by atoms with Gasteiger partial charge in [0.25, 0.3) is 5.91 Å². The minimum atomic E-state index is -3.33. The Hall–Kier alpha value is -3.85. The molecule has 0 unspecified atom stereocenters.